The molecule has 4 nitrogen and oxygen atoms in total. The van der Waals surface area contributed by atoms with Gasteiger partial charge in [0.05, 0.1) is 0 Å². The highest BCUT2D eigenvalue weighted by atomic mass is 35.5. The van der Waals surface area contributed by atoms with Crippen LogP contribution in [0, 0.1) is 0 Å². The van der Waals surface area contributed by atoms with Gasteiger partial charge in [0.1, 0.15) is 6.04 Å². The van der Waals surface area contributed by atoms with E-state index in [-0.39, 0.29) is 18.4 Å². The number of carbonyl (C=O) groups excluding carboxylic acids is 2. The van der Waals surface area contributed by atoms with Crippen molar-refractivity contribution in [2.45, 2.75) is 45.7 Å². The molecule has 2 amide bonds. The van der Waals surface area contributed by atoms with Crippen LogP contribution in [0.4, 0.5) is 0 Å². The number of benzene rings is 2. The molecule has 2 aromatic rings. The number of rotatable bonds is 9. The molecule has 0 saturated carbocycles. The van der Waals surface area contributed by atoms with E-state index in [0.29, 0.717) is 35.9 Å². The number of carbonyl (C=O) groups is 2. The fourth-order valence-corrected chi connectivity index (χ4v) is 3.51. The van der Waals surface area contributed by atoms with Gasteiger partial charge in [-0.2, -0.15) is 0 Å². The maximum atomic E-state index is 12.9. The number of likely N-dealkylation sites (N-methyl/N-ethyl adjacent to an activating group) is 1. The highest BCUT2D eigenvalue weighted by molar-refractivity contribution is 6.35. The first kappa shape index (κ1) is 22.3. The van der Waals surface area contributed by atoms with Gasteiger partial charge >= 0.3 is 0 Å². The minimum atomic E-state index is -0.617. The molecule has 0 aliphatic rings. The van der Waals surface area contributed by atoms with E-state index in [9.17, 15) is 9.59 Å². The molecule has 0 bridgehead atoms. The zero-order valence-corrected chi connectivity index (χ0v) is 17.8. The van der Waals surface area contributed by atoms with Crippen LogP contribution in [-0.4, -0.2) is 29.3 Å². The van der Waals surface area contributed by atoms with Crippen LogP contribution in [0.3, 0.4) is 0 Å². The Hall–Kier alpha value is -2.04. The lowest BCUT2D eigenvalue weighted by Gasteiger charge is -2.31. The highest BCUT2D eigenvalue weighted by Crippen LogP contribution is 2.24. The Morgan fingerprint density at radius 3 is 2.39 bits per heavy atom. The maximum absolute atomic E-state index is 12.9. The van der Waals surface area contributed by atoms with E-state index in [2.05, 4.69) is 5.32 Å². The third-order valence-electron chi connectivity index (χ3n) is 4.44. The summed E-state index contributed by atoms with van der Waals surface area (Å²) in [5.74, 6) is -0.235. The van der Waals surface area contributed by atoms with Gasteiger partial charge in [0.25, 0.3) is 0 Å². The van der Waals surface area contributed by atoms with Crippen molar-refractivity contribution < 1.29 is 9.59 Å². The van der Waals surface area contributed by atoms with Crippen molar-refractivity contribution in [1.29, 1.82) is 0 Å². The molecule has 2 rings (SSSR count). The lowest BCUT2D eigenvalue weighted by Crippen LogP contribution is -2.50. The van der Waals surface area contributed by atoms with Crippen LogP contribution in [0.1, 0.15) is 37.8 Å². The number of hydrogen-bond acceptors (Lipinski definition) is 2. The van der Waals surface area contributed by atoms with Crippen molar-refractivity contribution in [2.24, 2.45) is 0 Å². The van der Waals surface area contributed by atoms with Gasteiger partial charge in [-0.15, -0.1) is 0 Å². The number of amides is 2. The molecule has 0 aliphatic carbocycles. The minimum Gasteiger partial charge on any atom is -0.355 e. The molecule has 0 heterocycles. The van der Waals surface area contributed by atoms with E-state index in [1.807, 2.05) is 44.2 Å². The Labute approximate surface area is 176 Å². The van der Waals surface area contributed by atoms with Crippen LogP contribution in [0.2, 0.25) is 10.0 Å². The topological polar surface area (TPSA) is 49.4 Å². The zero-order chi connectivity index (χ0) is 20.5. The monoisotopic (exact) mass is 420 g/mol. The first-order valence-corrected chi connectivity index (χ1v) is 10.3. The van der Waals surface area contributed by atoms with Crippen molar-refractivity contribution in [3.63, 3.8) is 0 Å². The standard InChI is InChI=1S/C22H26Cl2N2O2/c1-3-8-21(27)26(15-17-11-12-18(23)14-19(17)24)20(22(28)25-4-2)13-16-9-6-5-7-10-16/h5-7,9-12,14,20H,3-4,8,13,15H2,1-2H3,(H,25,28)/t20-/m0/s1. The molecule has 6 heteroatoms. The van der Waals surface area contributed by atoms with Gasteiger partial charge in [0, 0.05) is 36.0 Å². The Balaban J connectivity index is 2.38. The first-order valence-electron chi connectivity index (χ1n) is 9.51. The summed E-state index contributed by atoms with van der Waals surface area (Å²) in [7, 11) is 0. The van der Waals surface area contributed by atoms with Gasteiger partial charge in [0.2, 0.25) is 11.8 Å². The summed E-state index contributed by atoms with van der Waals surface area (Å²) >= 11 is 12.3. The summed E-state index contributed by atoms with van der Waals surface area (Å²) in [6.45, 7) is 4.57. The number of nitrogens with zero attached hydrogens (tertiary/aromatic N) is 1. The molecular formula is C22H26Cl2N2O2. The van der Waals surface area contributed by atoms with Gasteiger partial charge in [-0.1, -0.05) is 66.5 Å². The van der Waals surface area contributed by atoms with Gasteiger partial charge in [-0.3, -0.25) is 9.59 Å². The van der Waals surface area contributed by atoms with Crippen molar-refractivity contribution in [1.82, 2.24) is 10.2 Å². The quantitative estimate of drug-likeness (QED) is 0.628. The van der Waals surface area contributed by atoms with Crippen LogP contribution in [0.5, 0.6) is 0 Å². The normalized spacial score (nSPS) is 11.7. The lowest BCUT2D eigenvalue weighted by atomic mass is 10.0. The first-order chi connectivity index (χ1) is 13.5. The summed E-state index contributed by atoms with van der Waals surface area (Å²) < 4.78 is 0. The Kier molecular flexibility index (Phi) is 8.81. The second-order valence-corrected chi connectivity index (χ2v) is 7.45. The van der Waals surface area contributed by atoms with Gasteiger partial charge in [-0.05, 0) is 36.6 Å². The van der Waals surface area contributed by atoms with Gasteiger partial charge in [-0.25, -0.2) is 0 Å². The molecule has 0 radical (unpaired) electrons. The molecule has 1 N–H and O–H groups in total. The molecule has 0 spiro atoms. The van der Waals surface area contributed by atoms with Crippen molar-refractivity contribution in [2.75, 3.05) is 6.54 Å². The van der Waals surface area contributed by atoms with E-state index >= 15 is 0 Å². The minimum absolute atomic E-state index is 0.0688. The third kappa shape index (κ3) is 6.25. The summed E-state index contributed by atoms with van der Waals surface area (Å²) in [5.41, 5.74) is 1.76. The van der Waals surface area contributed by atoms with Crippen LogP contribution in [-0.2, 0) is 22.6 Å². The molecule has 0 aliphatic heterocycles. The zero-order valence-electron chi connectivity index (χ0n) is 16.3. The van der Waals surface area contributed by atoms with Crippen molar-refractivity contribution in [3.8, 4) is 0 Å². The second kappa shape index (κ2) is 11.1. The summed E-state index contributed by atoms with van der Waals surface area (Å²) in [5, 5.41) is 3.88. The fourth-order valence-electron chi connectivity index (χ4n) is 3.04. The van der Waals surface area contributed by atoms with E-state index in [4.69, 9.17) is 23.2 Å². The summed E-state index contributed by atoms with van der Waals surface area (Å²) in [4.78, 5) is 27.4. The van der Waals surface area contributed by atoms with Crippen LogP contribution >= 0.6 is 23.2 Å². The smallest absolute Gasteiger partial charge is 0.243 e. The van der Waals surface area contributed by atoms with Crippen molar-refractivity contribution >= 4 is 35.0 Å². The van der Waals surface area contributed by atoms with E-state index in [1.54, 1.807) is 23.1 Å². The van der Waals surface area contributed by atoms with Gasteiger partial charge < -0.3 is 10.2 Å². The highest BCUT2D eigenvalue weighted by Gasteiger charge is 2.30. The summed E-state index contributed by atoms with van der Waals surface area (Å²) in [6.07, 6.45) is 1.51. The second-order valence-electron chi connectivity index (χ2n) is 6.61. The maximum Gasteiger partial charge on any atom is 0.243 e. The van der Waals surface area contributed by atoms with Gasteiger partial charge in [0.15, 0.2) is 0 Å². The molecule has 0 unspecified atom stereocenters. The van der Waals surface area contributed by atoms with Crippen LogP contribution < -0.4 is 5.32 Å². The average molecular weight is 421 g/mol. The molecule has 28 heavy (non-hydrogen) atoms. The Bertz CT molecular complexity index is 796. The van der Waals surface area contributed by atoms with E-state index in [0.717, 1.165) is 11.1 Å². The van der Waals surface area contributed by atoms with Crippen molar-refractivity contribution in [3.05, 3.63) is 69.7 Å². The predicted octanol–water partition coefficient (Wildman–Crippen LogP) is 4.87. The fraction of sp³-hybridized carbons (Fsp3) is 0.364. The molecule has 2 aromatic carbocycles. The SMILES string of the molecule is CCCC(=O)N(Cc1ccc(Cl)cc1Cl)[C@@H](Cc1ccccc1)C(=O)NCC. The molecule has 1 atom stereocenters. The number of hydrogen-bond donors (Lipinski definition) is 1. The number of nitrogens with one attached hydrogen (secondary N) is 1. The molecular weight excluding hydrogens is 395 g/mol. The Morgan fingerprint density at radius 2 is 1.79 bits per heavy atom. The molecule has 0 fully saturated rings. The third-order valence-corrected chi connectivity index (χ3v) is 5.03. The molecule has 0 aromatic heterocycles. The predicted molar refractivity (Wildman–Crippen MR) is 115 cm³/mol. The largest absolute Gasteiger partial charge is 0.355 e. The van der Waals surface area contributed by atoms with E-state index in [1.165, 1.54) is 0 Å². The Morgan fingerprint density at radius 1 is 1.07 bits per heavy atom. The molecule has 0 saturated heterocycles. The summed E-state index contributed by atoms with van der Waals surface area (Å²) in [6, 6.07) is 14.3. The average Bonchev–Trinajstić information content (AvgIpc) is 2.67. The number of halogens is 2. The van der Waals surface area contributed by atoms with E-state index < -0.39 is 6.04 Å². The van der Waals surface area contributed by atoms with Crippen LogP contribution in [0.15, 0.2) is 48.5 Å². The lowest BCUT2D eigenvalue weighted by molar-refractivity contribution is -0.141. The van der Waals surface area contributed by atoms with Crippen LogP contribution in [0.25, 0.3) is 0 Å². The molecule has 150 valence electrons.